The van der Waals surface area contributed by atoms with Crippen LogP contribution in [0.5, 0.6) is 11.5 Å². The highest BCUT2D eigenvalue weighted by atomic mass is 35.5. The van der Waals surface area contributed by atoms with Crippen LogP contribution < -0.4 is 19.7 Å². The number of fused-ring (bicyclic) bond motifs is 1. The minimum absolute atomic E-state index is 0.140. The van der Waals surface area contributed by atoms with Crippen LogP contribution in [-0.4, -0.2) is 32.2 Å². The van der Waals surface area contributed by atoms with E-state index in [1.807, 2.05) is 42.2 Å². The van der Waals surface area contributed by atoms with Gasteiger partial charge in [-0.2, -0.15) is 0 Å². The molecule has 2 aromatic carbocycles. The molecule has 1 aliphatic heterocycles. The van der Waals surface area contributed by atoms with Gasteiger partial charge in [-0.1, -0.05) is 29.8 Å². The number of carbonyl (C=O) groups is 1. The molecule has 0 aromatic heterocycles. The monoisotopic (exact) mass is 346 g/mol. The summed E-state index contributed by atoms with van der Waals surface area (Å²) in [6, 6.07) is 13.2. The minimum atomic E-state index is -0.140. The Balaban J connectivity index is 1.70. The Morgan fingerprint density at radius 1 is 1.17 bits per heavy atom. The van der Waals surface area contributed by atoms with Crippen LogP contribution in [0.15, 0.2) is 42.5 Å². The number of hydrogen-bond acceptors (Lipinski definition) is 4. The summed E-state index contributed by atoms with van der Waals surface area (Å²) in [5.41, 5.74) is 1.53. The van der Waals surface area contributed by atoms with Crippen LogP contribution in [-0.2, 0) is 4.79 Å². The Labute approximate surface area is 146 Å². The van der Waals surface area contributed by atoms with E-state index in [1.165, 1.54) is 0 Å². The molecule has 1 aliphatic rings. The molecule has 0 radical (unpaired) electrons. The van der Waals surface area contributed by atoms with Crippen LogP contribution in [0.2, 0.25) is 5.02 Å². The van der Waals surface area contributed by atoms with Gasteiger partial charge in [-0.3, -0.25) is 4.79 Å². The number of ether oxygens (including phenoxy) is 2. The van der Waals surface area contributed by atoms with Gasteiger partial charge in [-0.15, -0.1) is 0 Å². The van der Waals surface area contributed by atoms with Crippen molar-refractivity contribution in [2.24, 2.45) is 0 Å². The first-order chi connectivity index (χ1) is 11.7. The molecule has 1 heterocycles. The van der Waals surface area contributed by atoms with Crippen molar-refractivity contribution in [1.29, 1.82) is 0 Å². The van der Waals surface area contributed by atoms with Crippen LogP contribution in [0.25, 0.3) is 0 Å². The number of para-hydroxylation sites is 1. The zero-order chi connectivity index (χ0) is 16.9. The summed E-state index contributed by atoms with van der Waals surface area (Å²) in [7, 11) is 0. The van der Waals surface area contributed by atoms with E-state index in [1.54, 1.807) is 12.1 Å². The number of rotatable bonds is 5. The molecule has 0 atom stereocenters. The number of halogens is 1. The van der Waals surface area contributed by atoms with E-state index in [2.05, 4.69) is 5.32 Å². The molecule has 0 saturated carbocycles. The quantitative estimate of drug-likeness (QED) is 0.899. The standard InChI is InChI=1S/C18H19ClN2O3/c1-2-21(13-6-4-3-5-7-13)12-18(22)20-15-11-17-16(10-14(15)19)23-8-9-24-17/h3-7,10-11H,2,8-9,12H2,1H3,(H,20,22). The fourth-order valence-corrected chi connectivity index (χ4v) is 2.75. The number of amides is 1. The summed E-state index contributed by atoms with van der Waals surface area (Å²) in [5, 5.41) is 3.27. The minimum Gasteiger partial charge on any atom is -0.486 e. The van der Waals surface area contributed by atoms with Crippen molar-refractivity contribution in [3.63, 3.8) is 0 Å². The van der Waals surface area contributed by atoms with Gasteiger partial charge in [0.1, 0.15) is 13.2 Å². The number of hydrogen-bond donors (Lipinski definition) is 1. The lowest BCUT2D eigenvalue weighted by Gasteiger charge is -2.23. The molecular weight excluding hydrogens is 328 g/mol. The molecule has 0 bridgehead atoms. The molecule has 126 valence electrons. The van der Waals surface area contributed by atoms with E-state index in [4.69, 9.17) is 21.1 Å². The van der Waals surface area contributed by atoms with E-state index in [0.717, 1.165) is 12.2 Å². The highest BCUT2D eigenvalue weighted by Gasteiger charge is 2.17. The molecule has 0 saturated heterocycles. The van der Waals surface area contributed by atoms with Crippen LogP contribution in [0, 0.1) is 0 Å². The Morgan fingerprint density at radius 3 is 2.50 bits per heavy atom. The number of nitrogens with zero attached hydrogens (tertiary/aromatic N) is 1. The largest absolute Gasteiger partial charge is 0.486 e. The zero-order valence-electron chi connectivity index (χ0n) is 13.4. The second-order valence-electron chi connectivity index (χ2n) is 5.37. The van der Waals surface area contributed by atoms with Crippen molar-refractivity contribution in [2.75, 3.05) is 36.5 Å². The van der Waals surface area contributed by atoms with Gasteiger partial charge >= 0.3 is 0 Å². The van der Waals surface area contributed by atoms with Crippen LogP contribution in [0.1, 0.15) is 6.92 Å². The zero-order valence-corrected chi connectivity index (χ0v) is 14.2. The van der Waals surface area contributed by atoms with Gasteiger partial charge in [0.25, 0.3) is 0 Å². The van der Waals surface area contributed by atoms with E-state index in [0.29, 0.717) is 35.4 Å². The van der Waals surface area contributed by atoms with Gasteiger partial charge in [0.2, 0.25) is 5.91 Å². The highest BCUT2D eigenvalue weighted by Crippen LogP contribution is 2.37. The molecule has 0 unspecified atom stereocenters. The first-order valence-corrected chi connectivity index (χ1v) is 8.24. The van der Waals surface area contributed by atoms with Crippen molar-refractivity contribution in [2.45, 2.75) is 6.92 Å². The third-order valence-electron chi connectivity index (χ3n) is 3.74. The maximum absolute atomic E-state index is 12.4. The predicted molar refractivity (Wildman–Crippen MR) is 95.4 cm³/mol. The summed E-state index contributed by atoms with van der Waals surface area (Å²) < 4.78 is 11.0. The summed E-state index contributed by atoms with van der Waals surface area (Å²) in [6.07, 6.45) is 0. The first-order valence-electron chi connectivity index (χ1n) is 7.86. The number of nitrogens with one attached hydrogen (secondary N) is 1. The van der Waals surface area contributed by atoms with Crippen molar-refractivity contribution < 1.29 is 14.3 Å². The predicted octanol–water partition coefficient (Wildman–Crippen LogP) is 3.58. The second kappa shape index (κ2) is 7.45. The van der Waals surface area contributed by atoms with E-state index in [-0.39, 0.29) is 12.5 Å². The average Bonchev–Trinajstić information content (AvgIpc) is 2.61. The van der Waals surface area contributed by atoms with Crippen LogP contribution >= 0.6 is 11.6 Å². The lowest BCUT2D eigenvalue weighted by atomic mass is 10.2. The number of anilines is 2. The van der Waals surface area contributed by atoms with Gasteiger partial charge < -0.3 is 19.7 Å². The molecule has 3 rings (SSSR count). The molecule has 5 nitrogen and oxygen atoms in total. The number of likely N-dealkylation sites (N-methyl/N-ethyl adjacent to an activating group) is 1. The van der Waals surface area contributed by atoms with Crippen molar-refractivity contribution in [3.8, 4) is 11.5 Å². The van der Waals surface area contributed by atoms with Crippen molar-refractivity contribution in [1.82, 2.24) is 0 Å². The lowest BCUT2D eigenvalue weighted by Crippen LogP contribution is -2.33. The molecular formula is C18H19ClN2O3. The summed E-state index contributed by atoms with van der Waals surface area (Å²) in [6.45, 7) is 3.96. The molecule has 24 heavy (non-hydrogen) atoms. The van der Waals surface area contributed by atoms with E-state index < -0.39 is 0 Å². The third-order valence-corrected chi connectivity index (χ3v) is 4.06. The third kappa shape index (κ3) is 3.74. The maximum Gasteiger partial charge on any atom is 0.243 e. The Bertz CT molecular complexity index is 722. The first kappa shape index (κ1) is 16.5. The van der Waals surface area contributed by atoms with Crippen LogP contribution in [0.3, 0.4) is 0 Å². The van der Waals surface area contributed by atoms with Crippen molar-refractivity contribution >= 4 is 28.9 Å². The van der Waals surface area contributed by atoms with E-state index in [9.17, 15) is 4.79 Å². The molecule has 1 amide bonds. The fourth-order valence-electron chi connectivity index (χ4n) is 2.55. The molecule has 6 heteroatoms. The Hall–Kier alpha value is -2.40. The average molecular weight is 347 g/mol. The van der Waals surface area contributed by atoms with Gasteiger partial charge in [0, 0.05) is 24.4 Å². The van der Waals surface area contributed by atoms with Gasteiger partial charge in [-0.25, -0.2) is 0 Å². The fraction of sp³-hybridized carbons (Fsp3) is 0.278. The molecule has 0 spiro atoms. The lowest BCUT2D eigenvalue weighted by molar-refractivity contribution is -0.115. The van der Waals surface area contributed by atoms with Crippen molar-refractivity contribution in [3.05, 3.63) is 47.5 Å². The highest BCUT2D eigenvalue weighted by molar-refractivity contribution is 6.34. The Morgan fingerprint density at radius 2 is 1.83 bits per heavy atom. The van der Waals surface area contributed by atoms with Gasteiger partial charge in [0.15, 0.2) is 11.5 Å². The normalized spacial score (nSPS) is 12.6. The molecule has 2 aromatic rings. The van der Waals surface area contributed by atoms with Crippen LogP contribution in [0.4, 0.5) is 11.4 Å². The van der Waals surface area contributed by atoms with E-state index >= 15 is 0 Å². The number of benzene rings is 2. The maximum atomic E-state index is 12.4. The van der Waals surface area contributed by atoms with Gasteiger partial charge in [-0.05, 0) is 19.1 Å². The molecule has 0 aliphatic carbocycles. The summed E-state index contributed by atoms with van der Waals surface area (Å²) in [4.78, 5) is 14.4. The molecule has 1 N–H and O–H groups in total. The van der Waals surface area contributed by atoms with Gasteiger partial charge in [0.05, 0.1) is 17.3 Å². The summed E-state index contributed by atoms with van der Waals surface area (Å²) >= 11 is 6.23. The topological polar surface area (TPSA) is 50.8 Å². The smallest absolute Gasteiger partial charge is 0.243 e. The number of carbonyl (C=O) groups excluding carboxylic acids is 1. The Kier molecular flexibility index (Phi) is 5.11. The second-order valence-corrected chi connectivity index (χ2v) is 5.78. The SMILES string of the molecule is CCN(CC(=O)Nc1cc2c(cc1Cl)OCCO2)c1ccccc1. The summed E-state index contributed by atoms with van der Waals surface area (Å²) in [5.74, 6) is 1.05. The molecule has 0 fully saturated rings.